The number of ether oxygens (including phenoxy) is 2. The topological polar surface area (TPSA) is 53.7 Å². The molecule has 1 fully saturated rings. The summed E-state index contributed by atoms with van der Waals surface area (Å²) in [5, 5.41) is 0. The second-order valence-electron chi connectivity index (χ2n) is 5.42. The second kappa shape index (κ2) is 4.44. The summed E-state index contributed by atoms with van der Waals surface area (Å²) in [4.78, 5) is 4.64. The van der Waals surface area contributed by atoms with Crippen LogP contribution in [0.15, 0.2) is 12.1 Å². The first-order valence-corrected chi connectivity index (χ1v) is 6.43. The SMILES string of the molecule is Cc1cc2c(cc1CCON)OCC1(CC1)CO2. The molecule has 1 spiro atoms. The highest BCUT2D eigenvalue weighted by Crippen LogP contribution is 2.49. The molecule has 1 aliphatic carbocycles. The standard InChI is InChI=1S/C14H19NO3/c1-10-6-12-13(7-11(10)2-5-18-15)17-9-14(3-4-14)8-16-12/h6-7H,2-5,8-9,15H2,1H3. The van der Waals surface area contributed by atoms with Crippen LogP contribution in [-0.4, -0.2) is 19.8 Å². The molecule has 0 bridgehead atoms. The summed E-state index contributed by atoms with van der Waals surface area (Å²) in [5.41, 5.74) is 2.68. The van der Waals surface area contributed by atoms with Crippen molar-refractivity contribution in [2.45, 2.75) is 26.2 Å². The summed E-state index contributed by atoms with van der Waals surface area (Å²) >= 11 is 0. The Bertz CT molecular complexity index is 455. The highest BCUT2D eigenvalue weighted by molar-refractivity contribution is 5.47. The number of nitrogens with two attached hydrogens (primary N) is 1. The van der Waals surface area contributed by atoms with Gasteiger partial charge in [-0.2, -0.15) is 0 Å². The molecule has 1 saturated carbocycles. The molecule has 0 atom stereocenters. The van der Waals surface area contributed by atoms with E-state index in [9.17, 15) is 0 Å². The maximum Gasteiger partial charge on any atom is 0.161 e. The van der Waals surface area contributed by atoms with Crippen LogP contribution in [0.3, 0.4) is 0 Å². The van der Waals surface area contributed by atoms with Crippen molar-refractivity contribution in [1.82, 2.24) is 0 Å². The molecular weight excluding hydrogens is 230 g/mol. The van der Waals surface area contributed by atoms with E-state index in [4.69, 9.17) is 15.4 Å². The van der Waals surface area contributed by atoms with Crippen molar-refractivity contribution in [3.05, 3.63) is 23.3 Å². The Balaban J connectivity index is 1.83. The molecule has 18 heavy (non-hydrogen) atoms. The van der Waals surface area contributed by atoms with Gasteiger partial charge in [0.05, 0.1) is 19.8 Å². The third-order valence-corrected chi connectivity index (χ3v) is 3.92. The number of hydrogen-bond acceptors (Lipinski definition) is 4. The van der Waals surface area contributed by atoms with Crippen molar-refractivity contribution in [1.29, 1.82) is 0 Å². The van der Waals surface area contributed by atoms with E-state index >= 15 is 0 Å². The summed E-state index contributed by atoms with van der Waals surface area (Å²) in [7, 11) is 0. The minimum atomic E-state index is 0.285. The lowest BCUT2D eigenvalue weighted by atomic mass is 10.1. The fourth-order valence-corrected chi connectivity index (χ4v) is 2.34. The average molecular weight is 249 g/mol. The fourth-order valence-electron chi connectivity index (χ4n) is 2.34. The second-order valence-corrected chi connectivity index (χ2v) is 5.42. The van der Waals surface area contributed by atoms with E-state index in [2.05, 4.69) is 23.9 Å². The van der Waals surface area contributed by atoms with E-state index in [0.29, 0.717) is 6.61 Å². The zero-order chi connectivity index (χ0) is 12.6. The molecule has 3 rings (SSSR count). The third-order valence-electron chi connectivity index (χ3n) is 3.92. The van der Waals surface area contributed by atoms with E-state index in [1.807, 2.05) is 0 Å². The first-order valence-electron chi connectivity index (χ1n) is 6.43. The first kappa shape index (κ1) is 11.8. The molecule has 0 aromatic heterocycles. The molecule has 2 aliphatic rings. The Morgan fingerprint density at radius 2 is 1.89 bits per heavy atom. The number of benzene rings is 1. The van der Waals surface area contributed by atoms with Gasteiger partial charge < -0.3 is 14.3 Å². The van der Waals surface area contributed by atoms with Crippen LogP contribution in [0.5, 0.6) is 11.5 Å². The summed E-state index contributed by atoms with van der Waals surface area (Å²) < 4.78 is 11.8. The van der Waals surface area contributed by atoms with Gasteiger partial charge in [-0.1, -0.05) is 0 Å². The van der Waals surface area contributed by atoms with Crippen molar-refractivity contribution in [2.24, 2.45) is 11.3 Å². The van der Waals surface area contributed by atoms with Crippen LogP contribution >= 0.6 is 0 Å². The van der Waals surface area contributed by atoms with Crippen molar-refractivity contribution in [3.8, 4) is 11.5 Å². The van der Waals surface area contributed by atoms with E-state index in [0.717, 1.165) is 31.1 Å². The van der Waals surface area contributed by atoms with Crippen LogP contribution in [0.4, 0.5) is 0 Å². The molecule has 0 unspecified atom stereocenters. The van der Waals surface area contributed by atoms with Gasteiger partial charge in [-0.05, 0) is 49.4 Å². The van der Waals surface area contributed by atoms with Crippen molar-refractivity contribution >= 4 is 0 Å². The molecule has 98 valence electrons. The van der Waals surface area contributed by atoms with Gasteiger partial charge in [0, 0.05) is 5.41 Å². The predicted molar refractivity (Wildman–Crippen MR) is 67.7 cm³/mol. The van der Waals surface area contributed by atoms with Gasteiger partial charge in [-0.25, -0.2) is 5.90 Å². The van der Waals surface area contributed by atoms with Gasteiger partial charge in [0.25, 0.3) is 0 Å². The normalized spacial score (nSPS) is 19.7. The Morgan fingerprint density at radius 3 is 2.50 bits per heavy atom. The molecule has 2 N–H and O–H groups in total. The van der Waals surface area contributed by atoms with E-state index in [-0.39, 0.29) is 5.41 Å². The van der Waals surface area contributed by atoms with Gasteiger partial charge >= 0.3 is 0 Å². The first-order chi connectivity index (χ1) is 8.72. The van der Waals surface area contributed by atoms with E-state index in [1.165, 1.54) is 24.0 Å². The van der Waals surface area contributed by atoms with Gasteiger partial charge in [0.1, 0.15) is 0 Å². The Labute approximate surface area is 107 Å². The van der Waals surface area contributed by atoms with Crippen molar-refractivity contribution < 1.29 is 14.3 Å². The summed E-state index contributed by atoms with van der Waals surface area (Å²) in [6, 6.07) is 4.12. The lowest BCUT2D eigenvalue weighted by molar-refractivity contribution is 0.141. The highest BCUT2D eigenvalue weighted by Gasteiger charge is 2.46. The van der Waals surface area contributed by atoms with Crippen LogP contribution in [0.2, 0.25) is 0 Å². The molecule has 0 amide bonds. The van der Waals surface area contributed by atoms with Crippen LogP contribution in [0.25, 0.3) is 0 Å². The minimum Gasteiger partial charge on any atom is -0.489 e. The van der Waals surface area contributed by atoms with Crippen LogP contribution in [0, 0.1) is 12.3 Å². The van der Waals surface area contributed by atoms with Gasteiger partial charge in [0.15, 0.2) is 11.5 Å². The molecule has 0 radical (unpaired) electrons. The smallest absolute Gasteiger partial charge is 0.161 e. The Hall–Kier alpha value is -1.26. The van der Waals surface area contributed by atoms with Crippen LogP contribution < -0.4 is 15.4 Å². The zero-order valence-electron chi connectivity index (χ0n) is 10.7. The quantitative estimate of drug-likeness (QED) is 0.832. The summed E-state index contributed by atoms with van der Waals surface area (Å²) in [5.74, 6) is 6.80. The molecule has 0 saturated heterocycles. The number of fused-ring (bicyclic) bond motifs is 1. The monoisotopic (exact) mass is 249 g/mol. The summed E-state index contributed by atoms with van der Waals surface area (Å²) in [6.45, 7) is 4.15. The Morgan fingerprint density at radius 1 is 1.22 bits per heavy atom. The van der Waals surface area contributed by atoms with Gasteiger partial charge in [-0.15, -0.1) is 0 Å². The lowest BCUT2D eigenvalue weighted by Gasteiger charge is -2.12. The molecule has 1 aromatic rings. The van der Waals surface area contributed by atoms with Crippen molar-refractivity contribution in [2.75, 3.05) is 19.8 Å². The molecule has 1 aromatic carbocycles. The molecule has 4 nitrogen and oxygen atoms in total. The Kier molecular flexibility index (Phi) is 2.92. The largest absolute Gasteiger partial charge is 0.489 e. The molecular formula is C14H19NO3. The number of hydrogen-bond donors (Lipinski definition) is 1. The zero-order valence-corrected chi connectivity index (χ0v) is 10.7. The molecule has 1 aliphatic heterocycles. The lowest BCUT2D eigenvalue weighted by Crippen LogP contribution is -2.17. The van der Waals surface area contributed by atoms with Crippen LogP contribution in [-0.2, 0) is 11.3 Å². The average Bonchev–Trinajstić information content (AvgIpc) is 3.16. The number of rotatable bonds is 3. The van der Waals surface area contributed by atoms with Crippen LogP contribution in [0.1, 0.15) is 24.0 Å². The predicted octanol–water partition coefficient (Wildman–Crippen LogP) is 1.98. The summed E-state index contributed by atoms with van der Waals surface area (Å²) in [6.07, 6.45) is 3.23. The molecule has 4 heteroatoms. The van der Waals surface area contributed by atoms with Gasteiger partial charge in [-0.3, -0.25) is 0 Å². The highest BCUT2D eigenvalue weighted by atomic mass is 16.6. The van der Waals surface area contributed by atoms with E-state index < -0.39 is 0 Å². The van der Waals surface area contributed by atoms with E-state index in [1.54, 1.807) is 0 Å². The molecule has 1 heterocycles. The minimum absolute atomic E-state index is 0.285. The van der Waals surface area contributed by atoms with Crippen molar-refractivity contribution in [3.63, 3.8) is 0 Å². The maximum absolute atomic E-state index is 5.90. The number of aryl methyl sites for hydroxylation is 1. The fraction of sp³-hybridized carbons (Fsp3) is 0.571. The van der Waals surface area contributed by atoms with Gasteiger partial charge in [0.2, 0.25) is 0 Å². The maximum atomic E-state index is 5.90. The third kappa shape index (κ3) is 2.18.